The van der Waals surface area contributed by atoms with Crippen LogP contribution in [-0.4, -0.2) is 48.7 Å². The Morgan fingerprint density at radius 1 is 0.862 bits per heavy atom. The summed E-state index contributed by atoms with van der Waals surface area (Å²) in [6.45, 7) is 2.07. The van der Waals surface area contributed by atoms with Crippen LogP contribution in [0.1, 0.15) is 50.9 Å². The highest BCUT2D eigenvalue weighted by Crippen LogP contribution is 2.48. The van der Waals surface area contributed by atoms with Crippen LogP contribution in [0.25, 0.3) is 11.3 Å². The maximum absolute atomic E-state index is 15.2. The first-order chi connectivity index (χ1) is 31.3. The van der Waals surface area contributed by atoms with Gasteiger partial charge in [0.05, 0.1) is 55.4 Å². The van der Waals surface area contributed by atoms with Gasteiger partial charge in [0.2, 0.25) is 0 Å². The number of hydrogen-bond donors (Lipinski definition) is 2. The third kappa shape index (κ3) is 9.58. The third-order valence-electron chi connectivity index (χ3n) is 11.0. The molecule has 0 amide bonds. The first-order valence-corrected chi connectivity index (χ1v) is 20.7. The molecular formula is C48H43ClF5N7O4. The van der Waals surface area contributed by atoms with Gasteiger partial charge in [-0.2, -0.15) is 13.2 Å². The van der Waals surface area contributed by atoms with Gasteiger partial charge >= 0.3 is 6.18 Å². The number of aromatic nitrogens is 2. The molecule has 0 bridgehead atoms. The largest absolute Gasteiger partial charge is 0.497 e. The Morgan fingerprint density at radius 2 is 1.46 bits per heavy atom. The fourth-order valence-electron chi connectivity index (χ4n) is 7.79. The Hall–Kier alpha value is -7.07. The average Bonchev–Trinajstić information content (AvgIpc) is 3.48. The molecule has 0 aliphatic carbocycles. The summed E-state index contributed by atoms with van der Waals surface area (Å²) in [5.74, 6) is 2.89. The van der Waals surface area contributed by atoms with Crippen LogP contribution in [0.4, 0.5) is 39.3 Å². The lowest BCUT2D eigenvalue weighted by Crippen LogP contribution is -2.31. The molecule has 0 saturated carbocycles. The van der Waals surface area contributed by atoms with Gasteiger partial charge in [-0.3, -0.25) is 0 Å². The van der Waals surface area contributed by atoms with Gasteiger partial charge in [0.25, 0.3) is 6.43 Å². The lowest BCUT2D eigenvalue weighted by atomic mass is 9.96. The summed E-state index contributed by atoms with van der Waals surface area (Å²) < 4.78 is 97.1. The number of nitrogens with zero attached hydrogens (tertiary/aromatic N) is 5. The van der Waals surface area contributed by atoms with E-state index in [1.807, 2.05) is 65.6 Å². The molecule has 0 radical (unpaired) electrons. The van der Waals surface area contributed by atoms with Crippen molar-refractivity contribution in [1.82, 2.24) is 14.9 Å². The van der Waals surface area contributed by atoms with Crippen molar-refractivity contribution < 1.29 is 40.9 Å². The molecule has 0 spiro atoms. The van der Waals surface area contributed by atoms with Crippen LogP contribution >= 0.6 is 11.6 Å². The second-order valence-corrected chi connectivity index (χ2v) is 15.5. The fraction of sp³-hybridized carbons (Fsp3) is 0.229. The van der Waals surface area contributed by atoms with E-state index in [1.165, 1.54) is 43.8 Å². The van der Waals surface area contributed by atoms with Crippen LogP contribution in [0.3, 0.4) is 0 Å². The Kier molecular flexibility index (Phi) is 13.0. The first-order valence-electron chi connectivity index (χ1n) is 20.3. The van der Waals surface area contributed by atoms with Gasteiger partial charge in [0.15, 0.2) is 0 Å². The highest BCUT2D eigenvalue weighted by atomic mass is 35.5. The number of nitrogens with one attached hydrogen (secondary N) is 2. The number of halogens is 6. The molecule has 65 heavy (non-hydrogen) atoms. The van der Waals surface area contributed by atoms with E-state index in [0.717, 1.165) is 16.7 Å². The SMILES string of the molecule is COc1ccc(CNc2nccc(C(F)F)c2CN2C=COc3cc(-c4nc(N(Cc5ccc(OC)cc5)Cc5ccc(OC)cc5)cc(C)c4C(F)(F)F)c(Cl)c4c3C2=NCN4)cc1. The standard InChI is InChI=1S/C48H43ClF5N7O4/c1-28-21-39(61(24-30-7-13-33(63-3)14-8-30)25-31-9-15-34(64-4)16-10-31)59-43(41(28)48(52,53)54)36-22-38-40-44(42(36)49)57-27-58-47(40)60(19-20-65-38)26-37-35(45(50)51)17-18-55-46(37)56-23-29-5-11-32(62-2)12-6-29/h5-22,45,57H,23-27H2,1-4H3,(H,55,56). The van der Waals surface area contributed by atoms with Crippen LogP contribution < -0.4 is 34.5 Å². The molecule has 0 saturated heterocycles. The van der Waals surface area contributed by atoms with Crippen LogP contribution in [-0.2, 0) is 32.4 Å². The van der Waals surface area contributed by atoms with Crippen LogP contribution in [0, 0.1) is 6.92 Å². The van der Waals surface area contributed by atoms with E-state index in [0.29, 0.717) is 28.6 Å². The van der Waals surface area contributed by atoms with E-state index in [9.17, 15) is 8.78 Å². The van der Waals surface area contributed by atoms with E-state index in [1.54, 1.807) is 38.4 Å². The number of amidine groups is 1. The molecule has 4 aromatic carbocycles. The Balaban J connectivity index is 1.18. The molecule has 336 valence electrons. The second-order valence-electron chi connectivity index (χ2n) is 15.1. The molecule has 2 aromatic heterocycles. The highest BCUT2D eigenvalue weighted by molar-refractivity contribution is 6.37. The summed E-state index contributed by atoms with van der Waals surface area (Å²) in [6, 6.07) is 26.2. The van der Waals surface area contributed by atoms with Gasteiger partial charge in [-0.05, 0) is 83.8 Å². The molecule has 17 heteroatoms. The van der Waals surface area contributed by atoms with Crippen molar-refractivity contribution in [2.75, 3.05) is 43.5 Å². The normalized spacial score (nSPS) is 13.0. The molecule has 11 nitrogen and oxygen atoms in total. The molecule has 6 aromatic rings. The minimum atomic E-state index is -4.84. The maximum Gasteiger partial charge on any atom is 0.418 e. The molecule has 2 aliphatic rings. The van der Waals surface area contributed by atoms with Crippen molar-refractivity contribution in [2.45, 2.75) is 45.7 Å². The Bertz CT molecular complexity index is 2690. The molecule has 0 atom stereocenters. The zero-order valence-electron chi connectivity index (χ0n) is 35.6. The predicted octanol–water partition coefficient (Wildman–Crippen LogP) is 11.4. The van der Waals surface area contributed by atoms with Crippen molar-refractivity contribution in [3.05, 3.63) is 159 Å². The Labute approximate surface area is 377 Å². The van der Waals surface area contributed by atoms with Crippen molar-refractivity contribution in [3.8, 4) is 34.3 Å². The third-order valence-corrected chi connectivity index (χ3v) is 11.4. The van der Waals surface area contributed by atoms with E-state index >= 15 is 13.2 Å². The summed E-state index contributed by atoms with van der Waals surface area (Å²) >= 11 is 7.19. The van der Waals surface area contributed by atoms with Gasteiger partial charge in [-0.25, -0.2) is 23.7 Å². The topological polar surface area (TPSA) is 106 Å². The Morgan fingerprint density at radius 3 is 2.03 bits per heavy atom. The zero-order chi connectivity index (χ0) is 45.8. The fourth-order valence-corrected chi connectivity index (χ4v) is 8.10. The molecule has 0 unspecified atom stereocenters. The molecular weight excluding hydrogens is 869 g/mol. The van der Waals surface area contributed by atoms with Crippen LogP contribution in [0.5, 0.6) is 23.0 Å². The van der Waals surface area contributed by atoms with Gasteiger partial charge in [-0.1, -0.05) is 48.0 Å². The summed E-state index contributed by atoms with van der Waals surface area (Å²) in [6.07, 6.45) is -3.51. The smallest absolute Gasteiger partial charge is 0.418 e. The van der Waals surface area contributed by atoms with Gasteiger partial charge < -0.3 is 39.4 Å². The number of anilines is 3. The molecule has 4 heterocycles. The van der Waals surface area contributed by atoms with Gasteiger partial charge in [0.1, 0.15) is 53.4 Å². The molecule has 8 rings (SSSR count). The van der Waals surface area contributed by atoms with Crippen LogP contribution in [0.15, 0.2) is 115 Å². The number of hydrogen-bond acceptors (Lipinski definition) is 11. The monoisotopic (exact) mass is 911 g/mol. The summed E-state index contributed by atoms with van der Waals surface area (Å²) in [7, 11) is 4.70. The zero-order valence-corrected chi connectivity index (χ0v) is 36.4. The van der Waals surface area contributed by atoms with Gasteiger partial charge in [-0.15, -0.1) is 0 Å². The summed E-state index contributed by atoms with van der Waals surface area (Å²) in [4.78, 5) is 17.4. The van der Waals surface area contributed by atoms with Crippen LogP contribution in [0.2, 0.25) is 5.02 Å². The number of methoxy groups -OCH3 is 3. The quantitative estimate of drug-likeness (QED) is 0.0968. The molecule has 2 N–H and O–H groups in total. The van der Waals surface area contributed by atoms with E-state index in [2.05, 4.69) is 20.6 Å². The highest BCUT2D eigenvalue weighted by Gasteiger charge is 2.39. The number of alkyl halides is 5. The van der Waals surface area contributed by atoms with Crippen molar-refractivity contribution >= 4 is 34.8 Å². The van der Waals surface area contributed by atoms with E-state index < -0.39 is 23.9 Å². The predicted molar refractivity (Wildman–Crippen MR) is 240 cm³/mol. The molecule has 0 fully saturated rings. The number of ether oxygens (including phenoxy) is 4. The van der Waals surface area contributed by atoms with E-state index in [-0.39, 0.29) is 83.2 Å². The minimum absolute atomic E-state index is 0.0390. The van der Waals surface area contributed by atoms with Crippen molar-refractivity contribution in [2.24, 2.45) is 4.99 Å². The van der Waals surface area contributed by atoms with Gasteiger partial charge in [0, 0.05) is 48.7 Å². The van der Waals surface area contributed by atoms with E-state index in [4.69, 9.17) is 35.5 Å². The summed E-state index contributed by atoms with van der Waals surface area (Å²) in [5.41, 5.74) is 1.62. The maximum atomic E-state index is 15.2. The van der Waals surface area contributed by atoms with Crippen molar-refractivity contribution in [3.63, 3.8) is 0 Å². The number of aliphatic imine (C=N–C) groups is 1. The second kappa shape index (κ2) is 19.0. The number of aryl methyl sites for hydroxylation is 1. The first kappa shape index (κ1) is 44.5. The van der Waals surface area contributed by atoms with Crippen molar-refractivity contribution in [1.29, 1.82) is 0 Å². The number of pyridine rings is 2. The average molecular weight is 912 g/mol. The lowest BCUT2D eigenvalue weighted by molar-refractivity contribution is -0.137. The molecule has 2 aliphatic heterocycles. The summed E-state index contributed by atoms with van der Waals surface area (Å²) in [5, 5.41) is 6.26. The minimum Gasteiger partial charge on any atom is -0.497 e. The number of benzene rings is 4. The lowest BCUT2D eigenvalue weighted by Gasteiger charge is -2.29. The number of rotatable bonds is 15.